The van der Waals surface area contributed by atoms with E-state index >= 15 is 0 Å². The molecular weight excluding hydrogens is 306 g/mol. The van der Waals surface area contributed by atoms with E-state index in [1.807, 2.05) is 42.7 Å². The Labute approximate surface area is 142 Å². The number of imidazole rings is 1. The van der Waals surface area contributed by atoms with Crippen LogP contribution in [0.2, 0.25) is 0 Å². The van der Waals surface area contributed by atoms with Crippen LogP contribution in [0.5, 0.6) is 0 Å². The van der Waals surface area contributed by atoms with Crippen LogP contribution in [0.4, 0.5) is 0 Å². The number of carbonyl (C=O) groups excluding carboxylic acids is 2. The summed E-state index contributed by atoms with van der Waals surface area (Å²) in [4.78, 5) is 28.3. The van der Waals surface area contributed by atoms with Gasteiger partial charge in [-0.3, -0.25) is 9.59 Å². The summed E-state index contributed by atoms with van der Waals surface area (Å²) >= 11 is 0. The van der Waals surface area contributed by atoms with Gasteiger partial charge in [0.05, 0.1) is 18.1 Å². The molecule has 2 rings (SSSR count). The molecule has 0 aliphatic rings. The SMILES string of the molecule is CCC(CC)C(=O)NCCc1nc2ccccc2n1CC(=O)OC. The van der Waals surface area contributed by atoms with Gasteiger partial charge in [0.2, 0.25) is 5.91 Å². The fourth-order valence-corrected chi connectivity index (χ4v) is 2.79. The monoisotopic (exact) mass is 331 g/mol. The fraction of sp³-hybridized carbons (Fsp3) is 0.500. The molecule has 0 radical (unpaired) electrons. The van der Waals surface area contributed by atoms with Gasteiger partial charge < -0.3 is 14.6 Å². The van der Waals surface area contributed by atoms with E-state index in [0.717, 1.165) is 29.7 Å². The molecule has 6 nitrogen and oxygen atoms in total. The molecule has 1 heterocycles. The number of nitrogens with one attached hydrogen (secondary N) is 1. The van der Waals surface area contributed by atoms with Crippen LogP contribution in [0.15, 0.2) is 24.3 Å². The molecule has 130 valence electrons. The Morgan fingerprint density at radius 2 is 1.96 bits per heavy atom. The van der Waals surface area contributed by atoms with Crippen molar-refractivity contribution in [2.45, 2.75) is 39.7 Å². The first kappa shape index (κ1) is 18.0. The third kappa shape index (κ3) is 4.13. The van der Waals surface area contributed by atoms with Crippen LogP contribution in [0.25, 0.3) is 11.0 Å². The van der Waals surface area contributed by atoms with Crippen molar-refractivity contribution in [1.29, 1.82) is 0 Å². The van der Waals surface area contributed by atoms with Crippen molar-refractivity contribution in [1.82, 2.24) is 14.9 Å². The van der Waals surface area contributed by atoms with E-state index in [9.17, 15) is 9.59 Å². The molecule has 1 N–H and O–H groups in total. The summed E-state index contributed by atoms with van der Waals surface area (Å²) in [6.45, 7) is 4.65. The minimum absolute atomic E-state index is 0.0545. The molecule has 0 aliphatic heterocycles. The number of nitrogens with zero attached hydrogens (tertiary/aromatic N) is 2. The summed E-state index contributed by atoms with van der Waals surface area (Å²) in [5, 5.41) is 2.96. The standard InChI is InChI=1S/C18H25N3O3/c1-4-13(5-2)18(23)19-11-10-16-20-14-8-6-7-9-15(14)21(16)12-17(22)24-3/h6-9,13H,4-5,10-12H2,1-3H3,(H,19,23). The Hall–Kier alpha value is -2.37. The smallest absolute Gasteiger partial charge is 0.325 e. The number of methoxy groups -OCH3 is 1. The van der Waals surface area contributed by atoms with Crippen LogP contribution in [-0.4, -0.2) is 35.1 Å². The fourth-order valence-electron chi connectivity index (χ4n) is 2.79. The quantitative estimate of drug-likeness (QED) is 0.753. The number of hydrogen-bond donors (Lipinski definition) is 1. The maximum absolute atomic E-state index is 12.1. The molecule has 24 heavy (non-hydrogen) atoms. The van der Waals surface area contributed by atoms with Crippen LogP contribution in [0.1, 0.15) is 32.5 Å². The van der Waals surface area contributed by atoms with Crippen LogP contribution >= 0.6 is 0 Å². The Morgan fingerprint density at radius 3 is 2.62 bits per heavy atom. The molecule has 0 saturated carbocycles. The molecule has 0 aliphatic carbocycles. The Kier molecular flexibility index (Phi) is 6.35. The van der Waals surface area contributed by atoms with Crippen molar-refractivity contribution >= 4 is 22.9 Å². The van der Waals surface area contributed by atoms with Gasteiger partial charge >= 0.3 is 5.97 Å². The van der Waals surface area contributed by atoms with Crippen molar-refractivity contribution in [3.05, 3.63) is 30.1 Å². The number of ether oxygens (including phenoxy) is 1. The van der Waals surface area contributed by atoms with Crippen LogP contribution in [0, 0.1) is 5.92 Å². The first-order chi connectivity index (χ1) is 11.6. The third-order valence-electron chi connectivity index (χ3n) is 4.25. The molecule has 0 atom stereocenters. The summed E-state index contributed by atoms with van der Waals surface area (Å²) in [6, 6.07) is 7.67. The van der Waals surface area contributed by atoms with Crippen molar-refractivity contribution in [3.63, 3.8) is 0 Å². The van der Waals surface area contributed by atoms with Crippen LogP contribution in [0.3, 0.4) is 0 Å². The van der Waals surface area contributed by atoms with Gasteiger partial charge in [-0.1, -0.05) is 26.0 Å². The summed E-state index contributed by atoms with van der Waals surface area (Å²) < 4.78 is 6.63. The zero-order valence-corrected chi connectivity index (χ0v) is 14.5. The second-order valence-corrected chi connectivity index (χ2v) is 5.73. The van der Waals surface area contributed by atoms with E-state index in [0.29, 0.717) is 13.0 Å². The number of rotatable bonds is 8. The number of hydrogen-bond acceptors (Lipinski definition) is 4. The highest BCUT2D eigenvalue weighted by molar-refractivity contribution is 5.79. The maximum Gasteiger partial charge on any atom is 0.325 e. The molecule has 2 aromatic rings. The van der Waals surface area contributed by atoms with Gasteiger partial charge in [0, 0.05) is 18.9 Å². The summed E-state index contributed by atoms with van der Waals surface area (Å²) in [6.07, 6.45) is 2.24. The van der Waals surface area contributed by atoms with E-state index in [1.54, 1.807) is 0 Å². The molecule has 6 heteroatoms. The summed E-state index contributed by atoms with van der Waals surface area (Å²) in [7, 11) is 1.37. The lowest BCUT2D eigenvalue weighted by molar-refractivity contribution is -0.141. The van der Waals surface area contributed by atoms with Crippen molar-refractivity contribution in [3.8, 4) is 0 Å². The van der Waals surface area contributed by atoms with Gasteiger partial charge in [0.15, 0.2) is 0 Å². The van der Waals surface area contributed by atoms with E-state index < -0.39 is 0 Å². The maximum atomic E-state index is 12.1. The van der Waals surface area contributed by atoms with Crippen molar-refractivity contribution in [2.75, 3.05) is 13.7 Å². The molecule has 1 aromatic carbocycles. The Morgan fingerprint density at radius 1 is 1.25 bits per heavy atom. The van der Waals surface area contributed by atoms with E-state index in [4.69, 9.17) is 4.74 Å². The highest BCUT2D eigenvalue weighted by atomic mass is 16.5. The van der Waals surface area contributed by atoms with E-state index in [1.165, 1.54) is 7.11 Å². The lowest BCUT2D eigenvalue weighted by Crippen LogP contribution is -2.32. The number of amides is 1. The molecular formula is C18H25N3O3. The van der Waals surface area contributed by atoms with Crippen molar-refractivity contribution in [2.24, 2.45) is 5.92 Å². The molecule has 1 aromatic heterocycles. The minimum atomic E-state index is -0.319. The second kappa shape index (κ2) is 8.47. The number of esters is 1. The normalized spacial score (nSPS) is 11.0. The predicted molar refractivity (Wildman–Crippen MR) is 92.5 cm³/mol. The van der Waals surface area contributed by atoms with Gasteiger partial charge in [-0.05, 0) is 25.0 Å². The molecule has 0 saturated heterocycles. The summed E-state index contributed by atoms with van der Waals surface area (Å²) in [5.41, 5.74) is 1.73. The number of aromatic nitrogens is 2. The topological polar surface area (TPSA) is 73.2 Å². The average Bonchev–Trinajstić information content (AvgIpc) is 2.93. The lowest BCUT2D eigenvalue weighted by Gasteiger charge is -2.13. The predicted octanol–water partition coefficient (Wildman–Crippen LogP) is 2.30. The Balaban J connectivity index is 2.11. The second-order valence-electron chi connectivity index (χ2n) is 5.73. The van der Waals surface area contributed by atoms with Crippen LogP contribution < -0.4 is 5.32 Å². The third-order valence-corrected chi connectivity index (χ3v) is 4.25. The molecule has 1 amide bonds. The van der Waals surface area contributed by atoms with Crippen molar-refractivity contribution < 1.29 is 14.3 Å². The first-order valence-corrected chi connectivity index (χ1v) is 8.39. The highest BCUT2D eigenvalue weighted by Crippen LogP contribution is 2.16. The Bertz CT molecular complexity index is 705. The highest BCUT2D eigenvalue weighted by Gasteiger charge is 2.16. The number of para-hydroxylation sites is 2. The summed E-state index contributed by atoms with van der Waals surface area (Å²) in [5.74, 6) is 0.585. The van der Waals surface area contributed by atoms with Gasteiger partial charge in [-0.15, -0.1) is 0 Å². The van der Waals surface area contributed by atoms with Gasteiger partial charge in [-0.25, -0.2) is 4.98 Å². The molecule has 0 fully saturated rings. The van der Waals surface area contributed by atoms with Gasteiger partial charge in [-0.2, -0.15) is 0 Å². The largest absolute Gasteiger partial charge is 0.468 e. The van der Waals surface area contributed by atoms with Gasteiger partial charge in [0.25, 0.3) is 0 Å². The molecule has 0 spiro atoms. The minimum Gasteiger partial charge on any atom is -0.468 e. The zero-order valence-electron chi connectivity index (χ0n) is 14.5. The number of carbonyl (C=O) groups is 2. The van der Waals surface area contributed by atoms with E-state index in [2.05, 4.69) is 10.3 Å². The van der Waals surface area contributed by atoms with Crippen LogP contribution in [-0.2, 0) is 27.3 Å². The average molecular weight is 331 g/mol. The van der Waals surface area contributed by atoms with E-state index in [-0.39, 0.29) is 24.3 Å². The first-order valence-electron chi connectivity index (χ1n) is 8.39. The van der Waals surface area contributed by atoms with Gasteiger partial charge in [0.1, 0.15) is 12.4 Å². The molecule has 0 unspecified atom stereocenters. The number of fused-ring (bicyclic) bond motifs is 1. The lowest BCUT2D eigenvalue weighted by atomic mass is 10.0. The number of benzene rings is 1. The molecule has 0 bridgehead atoms. The zero-order chi connectivity index (χ0) is 17.5.